The Morgan fingerprint density at radius 2 is 1.54 bits per heavy atom. The second-order valence-electron chi connectivity index (χ2n) is 20.3. The first-order valence-electron chi connectivity index (χ1n) is 21.3. The molecular weight excluding hydrogens is 671 g/mol. The molecule has 6 saturated carbocycles. The molecule has 11 rings (SSSR count). The third kappa shape index (κ3) is 5.11. The van der Waals surface area contributed by atoms with Gasteiger partial charge in [-0.15, -0.1) is 0 Å². The molecule has 0 aliphatic heterocycles. The Balaban J connectivity index is 1.08. The van der Waals surface area contributed by atoms with Crippen molar-refractivity contribution < 1.29 is 25.2 Å². The van der Waals surface area contributed by atoms with Crippen molar-refractivity contribution in [3.05, 3.63) is 84.0 Å². The Labute approximate surface area is 322 Å². The van der Waals surface area contributed by atoms with E-state index in [1.165, 1.54) is 19.3 Å². The van der Waals surface area contributed by atoms with Crippen LogP contribution in [0, 0.1) is 56.7 Å². The van der Waals surface area contributed by atoms with E-state index in [2.05, 4.69) is 75.1 Å². The molecule has 12 unspecified atom stereocenters. The van der Waals surface area contributed by atoms with Crippen LogP contribution in [0.15, 0.2) is 78.4 Å². The number of allylic oxidation sites excluding steroid dienone is 4. The van der Waals surface area contributed by atoms with E-state index in [1.54, 1.807) is 0 Å². The van der Waals surface area contributed by atoms with Crippen LogP contribution >= 0.6 is 0 Å². The van der Waals surface area contributed by atoms with Gasteiger partial charge in [0.15, 0.2) is 5.78 Å². The second-order valence-corrected chi connectivity index (χ2v) is 20.3. The Kier molecular flexibility index (Phi) is 8.70. The number of Topliss-reactive ketones (excluding diaryl/α,β-unsaturated/α-hetero) is 1. The van der Waals surface area contributed by atoms with E-state index in [0.717, 1.165) is 61.3 Å². The summed E-state index contributed by atoms with van der Waals surface area (Å²) in [7, 11) is 0. The summed E-state index contributed by atoms with van der Waals surface area (Å²) in [6.07, 6.45) is 15.2. The second kappa shape index (κ2) is 12.7. The molecule has 0 amide bonds. The van der Waals surface area contributed by atoms with Gasteiger partial charge in [-0.25, -0.2) is 0 Å². The van der Waals surface area contributed by atoms with E-state index in [-0.39, 0.29) is 35.1 Å². The lowest BCUT2D eigenvalue weighted by molar-refractivity contribution is -0.179. The average molecular weight is 734 g/mol. The third-order valence-corrected chi connectivity index (χ3v) is 17.9. The summed E-state index contributed by atoms with van der Waals surface area (Å²) in [6.45, 7) is 11.0. The first-order chi connectivity index (χ1) is 25.7. The van der Waals surface area contributed by atoms with E-state index in [1.807, 2.05) is 30.3 Å². The predicted octanol–water partition coefficient (Wildman–Crippen LogP) is 7.85. The molecule has 6 heteroatoms. The summed E-state index contributed by atoms with van der Waals surface area (Å²) in [6, 6.07) is 18.4. The fourth-order valence-corrected chi connectivity index (χ4v) is 14.6. The number of rotatable bonds is 10. The van der Waals surface area contributed by atoms with Crippen LogP contribution in [0.1, 0.15) is 102 Å². The normalized spacial score (nSPS) is 43.1. The molecule has 0 radical (unpaired) electrons. The minimum atomic E-state index is -1.01. The standard InChI is InChI=1S/C48H63NO5/c1-43(2)35-15-14-34(38(43)24-35)27-49(28-37(52)29-50)30-47(54)21-18-41-45(47,4)20-17-40-44(3)19-16-36(51)25-46(44)22-23-48(40,41)39(26-46)42(53)33-12-10-32(11-13-33)31-8-6-5-7-9-31/h5-13,22-23,26,34-38,40-41,50-52,54H,14-21,24-25,27-30H2,1-4H3. The highest BCUT2D eigenvalue weighted by atomic mass is 16.3. The van der Waals surface area contributed by atoms with Crippen LogP contribution in [0.25, 0.3) is 11.1 Å². The van der Waals surface area contributed by atoms with Gasteiger partial charge in [-0.1, -0.05) is 101 Å². The van der Waals surface area contributed by atoms with Gasteiger partial charge in [0.1, 0.15) is 0 Å². The molecule has 0 aromatic heterocycles. The van der Waals surface area contributed by atoms with Gasteiger partial charge < -0.3 is 20.4 Å². The molecule has 2 aromatic rings. The molecule has 9 aliphatic carbocycles. The Morgan fingerprint density at radius 1 is 0.852 bits per heavy atom. The van der Waals surface area contributed by atoms with Crippen LogP contribution in [0.4, 0.5) is 0 Å². The molecule has 6 nitrogen and oxygen atoms in total. The summed E-state index contributed by atoms with van der Waals surface area (Å²) < 4.78 is 0. The van der Waals surface area contributed by atoms with Crippen molar-refractivity contribution >= 4 is 5.78 Å². The molecule has 2 spiro atoms. The lowest BCUT2D eigenvalue weighted by Crippen LogP contribution is -2.67. The number of hydrogen-bond donors (Lipinski definition) is 4. The zero-order valence-electron chi connectivity index (χ0n) is 33.0. The third-order valence-electron chi connectivity index (χ3n) is 17.9. The van der Waals surface area contributed by atoms with Crippen LogP contribution in [0.5, 0.6) is 0 Å². The van der Waals surface area contributed by atoms with Crippen LogP contribution in [-0.4, -0.2) is 75.2 Å². The molecule has 4 bridgehead atoms. The number of benzene rings is 2. The fraction of sp³-hybridized carbons (Fsp3) is 0.646. The molecule has 0 heterocycles. The smallest absolute Gasteiger partial charge is 0.189 e. The maximum atomic E-state index is 15.2. The highest BCUT2D eigenvalue weighted by Gasteiger charge is 2.74. The number of fused-ring (bicyclic) bond motifs is 3. The van der Waals surface area contributed by atoms with Crippen LogP contribution in [0.3, 0.4) is 0 Å². The van der Waals surface area contributed by atoms with Gasteiger partial charge in [-0.05, 0) is 116 Å². The summed E-state index contributed by atoms with van der Waals surface area (Å²) in [5, 5.41) is 45.1. The maximum Gasteiger partial charge on any atom is 0.189 e. The monoisotopic (exact) mass is 733 g/mol. The Morgan fingerprint density at radius 3 is 2.24 bits per heavy atom. The lowest BCUT2D eigenvalue weighted by atomic mass is 9.32. The molecule has 4 N–H and O–H groups in total. The zero-order chi connectivity index (χ0) is 37.9. The summed E-state index contributed by atoms with van der Waals surface area (Å²) in [4.78, 5) is 17.5. The minimum Gasteiger partial charge on any atom is -0.394 e. The van der Waals surface area contributed by atoms with Crippen molar-refractivity contribution in [3.63, 3.8) is 0 Å². The maximum absolute atomic E-state index is 15.2. The largest absolute Gasteiger partial charge is 0.394 e. The lowest BCUT2D eigenvalue weighted by Gasteiger charge is -2.71. The van der Waals surface area contributed by atoms with Crippen molar-refractivity contribution in [3.8, 4) is 11.1 Å². The van der Waals surface area contributed by atoms with Gasteiger partial charge >= 0.3 is 0 Å². The van der Waals surface area contributed by atoms with Gasteiger partial charge in [-0.3, -0.25) is 9.69 Å². The van der Waals surface area contributed by atoms with Gasteiger partial charge in [0.2, 0.25) is 0 Å². The zero-order valence-corrected chi connectivity index (χ0v) is 33.0. The van der Waals surface area contributed by atoms with E-state index in [9.17, 15) is 20.4 Å². The number of carbonyl (C=O) groups is 1. The minimum absolute atomic E-state index is 0.0661. The van der Waals surface area contributed by atoms with Crippen molar-refractivity contribution in [2.24, 2.45) is 56.7 Å². The van der Waals surface area contributed by atoms with Crippen molar-refractivity contribution in [1.82, 2.24) is 4.90 Å². The van der Waals surface area contributed by atoms with E-state index >= 15 is 4.79 Å². The van der Waals surface area contributed by atoms with Gasteiger partial charge in [0.25, 0.3) is 0 Å². The fourth-order valence-electron chi connectivity index (χ4n) is 14.6. The Hall–Kier alpha value is -2.61. The van der Waals surface area contributed by atoms with E-state index in [4.69, 9.17) is 0 Å². The quantitative estimate of drug-likeness (QED) is 0.147. The highest BCUT2D eigenvalue weighted by Crippen LogP contribution is 2.78. The highest BCUT2D eigenvalue weighted by molar-refractivity contribution is 6.10. The molecule has 54 heavy (non-hydrogen) atoms. The number of hydrogen-bond acceptors (Lipinski definition) is 6. The van der Waals surface area contributed by atoms with Crippen LogP contribution in [0.2, 0.25) is 0 Å². The van der Waals surface area contributed by atoms with Crippen molar-refractivity contribution in [2.75, 3.05) is 26.2 Å². The van der Waals surface area contributed by atoms with E-state index < -0.39 is 28.6 Å². The van der Waals surface area contributed by atoms with Gasteiger partial charge in [-0.2, -0.15) is 0 Å². The molecule has 12 atom stereocenters. The van der Waals surface area contributed by atoms with E-state index in [0.29, 0.717) is 48.7 Å². The van der Waals surface area contributed by atoms with Crippen molar-refractivity contribution in [2.45, 2.75) is 110 Å². The summed E-state index contributed by atoms with van der Waals surface area (Å²) in [5.74, 6) is 2.37. The summed E-state index contributed by atoms with van der Waals surface area (Å²) in [5.41, 5.74) is 1.68. The van der Waals surface area contributed by atoms with Gasteiger partial charge in [0, 0.05) is 47.0 Å². The predicted molar refractivity (Wildman–Crippen MR) is 212 cm³/mol. The molecule has 290 valence electrons. The topological polar surface area (TPSA) is 101 Å². The number of ketones is 1. The van der Waals surface area contributed by atoms with Gasteiger partial charge in [0.05, 0.1) is 24.4 Å². The number of nitrogens with zero attached hydrogens (tertiary/aromatic N) is 1. The SMILES string of the molecule is CC1(C)C2CCC(CN(CC(O)CO)CC3(O)CCC4C56C=CC7(C=C5C(=O)c5ccc(-c8ccccc8)cc5)CC(O)CCC7(C)C6CCC43C)C1C2. The first-order valence-corrected chi connectivity index (χ1v) is 21.3. The molecule has 0 saturated heterocycles. The first kappa shape index (κ1) is 37.0. The van der Waals surface area contributed by atoms with Crippen molar-refractivity contribution in [1.29, 1.82) is 0 Å². The molecule has 6 fully saturated rings. The molecule has 2 aromatic carbocycles. The van der Waals surface area contributed by atoms with Crippen LogP contribution in [-0.2, 0) is 0 Å². The molecule has 9 aliphatic rings. The summed E-state index contributed by atoms with van der Waals surface area (Å²) >= 11 is 0. The molecular formula is C48H63NO5. The average Bonchev–Trinajstić information content (AvgIpc) is 3.44. The van der Waals surface area contributed by atoms with Crippen LogP contribution < -0.4 is 0 Å². The Bertz CT molecular complexity index is 1830. The number of aliphatic hydroxyl groups is 4. The number of aliphatic hydroxyl groups excluding tert-OH is 3. The number of carbonyl (C=O) groups excluding carboxylic acids is 1.